The second-order valence-electron chi connectivity index (χ2n) is 6.18. The molecule has 19 heavy (non-hydrogen) atoms. The van der Waals surface area contributed by atoms with Crippen molar-refractivity contribution < 1.29 is 4.74 Å². The van der Waals surface area contributed by atoms with Crippen molar-refractivity contribution in [3.8, 4) is 5.75 Å². The molecule has 1 aromatic carbocycles. The van der Waals surface area contributed by atoms with Crippen LogP contribution in [0.4, 0.5) is 0 Å². The summed E-state index contributed by atoms with van der Waals surface area (Å²) in [5.41, 5.74) is 1.59. The number of benzene rings is 1. The number of rotatable bonds is 8. The molecule has 0 aromatic heterocycles. The Bertz CT molecular complexity index is 375. The SMILES string of the molecule is CCC(C)(CNCC(C)C)Cc1ccccc1OC. The van der Waals surface area contributed by atoms with Gasteiger partial charge in [-0.25, -0.2) is 0 Å². The topological polar surface area (TPSA) is 21.3 Å². The first-order valence-corrected chi connectivity index (χ1v) is 7.33. The Morgan fingerprint density at radius 3 is 2.53 bits per heavy atom. The molecule has 2 heteroatoms. The maximum atomic E-state index is 5.46. The van der Waals surface area contributed by atoms with Gasteiger partial charge in [0.15, 0.2) is 0 Å². The van der Waals surface area contributed by atoms with E-state index in [4.69, 9.17) is 4.74 Å². The average Bonchev–Trinajstić information content (AvgIpc) is 2.39. The van der Waals surface area contributed by atoms with Gasteiger partial charge in [-0.15, -0.1) is 0 Å². The molecule has 1 N–H and O–H groups in total. The first-order valence-electron chi connectivity index (χ1n) is 7.33. The van der Waals surface area contributed by atoms with E-state index in [1.807, 2.05) is 12.1 Å². The third kappa shape index (κ3) is 5.23. The van der Waals surface area contributed by atoms with Crippen LogP contribution in [0.3, 0.4) is 0 Å². The molecule has 1 unspecified atom stereocenters. The molecule has 108 valence electrons. The lowest BCUT2D eigenvalue weighted by atomic mass is 9.80. The van der Waals surface area contributed by atoms with Crippen LogP contribution in [0.5, 0.6) is 5.75 Å². The quantitative estimate of drug-likeness (QED) is 0.768. The van der Waals surface area contributed by atoms with Gasteiger partial charge in [0.05, 0.1) is 7.11 Å². The fourth-order valence-corrected chi connectivity index (χ4v) is 2.28. The monoisotopic (exact) mass is 263 g/mol. The molecule has 1 atom stereocenters. The van der Waals surface area contributed by atoms with Gasteiger partial charge in [0.25, 0.3) is 0 Å². The second kappa shape index (κ2) is 7.54. The van der Waals surface area contributed by atoms with Gasteiger partial charge in [-0.05, 0) is 42.3 Å². The number of ether oxygens (including phenoxy) is 1. The van der Waals surface area contributed by atoms with Crippen LogP contribution in [-0.4, -0.2) is 20.2 Å². The zero-order valence-electron chi connectivity index (χ0n) is 13.1. The highest BCUT2D eigenvalue weighted by Gasteiger charge is 2.23. The van der Waals surface area contributed by atoms with Gasteiger partial charge < -0.3 is 10.1 Å². The van der Waals surface area contributed by atoms with Crippen LogP contribution < -0.4 is 10.1 Å². The minimum atomic E-state index is 0.281. The second-order valence-corrected chi connectivity index (χ2v) is 6.18. The lowest BCUT2D eigenvalue weighted by molar-refractivity contribution is 0.280. The molecular formula is C17H29NO. The van der Waals surface area contributed by atoms with E-state index in [0.29, 0.717) is 5.92 Å². The summed E-state index contributed by atoms with van der Waals surface area (Å²) in [7, 11) is 1.75. The van der Waals surface area contributed by atoms with Gasteiger partial charge in [-0.3, -0.25) is 0 Å². The largest absolute Gasteiger partial charge is 0.496 e. The fraction of sp³-hybridized carbons (Fsp3) is 0.647. The van der Waals surface area contributed by atoms with Crippen molar-refractivity contribution in [2.75, 3.05) is 20.2 Å². The summed E-state index contributed by atoms with van der Waals surface area (Å²) in [4.78, 5) is 0. The van der Waals surface area contributed by atoms with Crippen molar-refractivity contribution >= 4 is 0 Å². The Morgan fingerprint density at radius 1 is 1.26 bits per heavy atom. The molecule has 0 aliphatic heterocycles. The number of nitrogens with one attached hydrogen (secondary N) is 1. The predicted molar refractivity (Wildman–Crippen MR) is 82.8 cm³/mol. The van der Waals surface area contributed by atoms with Crippen LogP contribution in [0.2, 0.25) is 0 Å². The standard InChI is InChI=1S/C17H29NO/c1-6-17(4,13-18-12-14(2)3)11-15-9-7-8-10-16(15)19-5/h7-10,14,18H,6,11-13H2,1-5H3. The summed E-state index contributed by atoms with van der Waals surface area (Å²) in [6.07, 6.45) is 2.22. The molecule has 0 spiro atoms. The summed E-state index contributed by atoms with van der Waals surface area (Å²) in [5.74, 6) is 1.71. The van der Waals surface area contributed by atoms with Crippen molar-refractivity contribution in [3.63, 3.8) is 0 Å². The highest BCUT2D eigenvalue weighted by atomic mass is 16.5. The summed E-state index contributed by atoms with van der Waals surface area (Å²) >= 11 is 0. The summed E-state index contributed by atoms with van der Waals surface area (Å²) in [5, 5.41) is 3.59. The van der Waals surface area contributed by atoms with Gasteiger partial charge in [0, 0.05) is 6.54 Å². The van der Waals surface area contributed by atoms with E-state index < -0.39 is 0 Å². The van der Waals surface area contributed by atoms with Crippen LogP contribution in [0.15, 0.2) is 24.3 Å². The summed E-state index contributed by atoms with van der Waals surface area (Å²) < 4.78 is 5.46. The zero-order chi connectivity index (χ0) is 14.3. The van der Waals surface area contributed by atoms with E-state index >= 15 is 0 Å². The number of hydrogen-bond acceptors (Lipinski definition) is 2. The van der Waals surface area contributed by atoms with E-state index in [1.54, 1.807) is 7.11 Å². The lowest BCUT2D eigenvalue weighted by Gasteiger charge is -2.30. The number of methoxy groups -OCH3 is 1. The molecule has 0 aliphatic carbocycles. The van der Waals surface area contributed by atoms with Crippen molar-refractivity contribution in [1.29, 1.82) is 0 Å². The van der Waals surface area contributed by atoms with E-state index in [-0.39, 0.29) is 5.41 Å². The fourth-order valence-electron chi connectivity index (χ4n) is 2.28. The van der Waals surface area contributed by atoms with Gasteiger partial charge in [0.2, 0.25) is 0 Å². The Labute approximate surface area is 118 Å². The number of hydrogen-bond donors (Lipinski definition) is 1. The Hall–Kier alpha value is -1.02. The predicted octanol–water partition coefficient (Wildman–Crippen LogP) is 3.90. The van der Waals surface area contributed by atoms with Crippen molar-refractivity contribution in [3.05, 3.63) is 29.8 Å². The third-order valence-electron chi connectivity index (χ3n) is 3.77. The van der Waals surface area contributed by atoms with Crippen LogP contribution in [0.25, 0.3) is 0 Å². The first kappa shape index (κ1) is 16.0. The minimum Gasteiger partial charge on any atom is -0.496 e. The molecule has 0 amide bonds. The molecule has 0 saturated heterocycles. The van der Waals surface area contributed by atoms with Gasteiger partial charge in [-0.2, -0.15) is 0 Å². The van der Waals surface area contributed by atoms with E-state index in [9.17, 15) is 0 Å². The summed E-state index contributed by atoms with van der Waals surface area (Å²) in [6, 6.07) is 8.35. The molecular weight excluding hydrogens is 234 g/mol. The minimum absolute atomic E-state index is 0.281. The van der Waals surface area contributed by atoms with E-state index in [0.717, 1.165) is 31.7 Å². The highest BCUT2D eigenvalue weighted by Crippen LogP contribution is 2.30. The van der Waals surface area contributed by atoms with Crippen LogP contribution in [-0.2, 0) is 6.42 Å². The molecule has 1 rings (SSSR count). The molecule has 0 saturated carbocycles. The van der Waals surface area contributed by atoms with Gasteiger partial charge >= 0.3 is 0 Å². The Morgan fingerprint density at radius 2 is 1.95 bits per heavy atom. The molecule has 0 heterocycles. The maximum absolute atomic E-state index is 5.46. The summed E-state index contributed by atoms with van der Waals surface area (Å²) in [6.45, 7) is 11.3. The van der Waals surface area contributed by atoms with E-state index in [2.05, 4.69) is 45.1 Å². The van der Waals surface area contributed by atoms with Crippen molar-refractivity contribution in [1.82, 2.24) is 5.32 Å². The molecule has 0 aliphatic rings. The Balaban J connectivity index is 2.68. The maximum Gasteiger partial charge on any atom is 0.122 e. The van der Waals surface area contributed by atoms with Crippen LogP contribution >= 0.6 is 0 Å². The van der Waals surface area contributed by atoms with Gasteiger partial charge in [0.1, 0.15) is 5.75 Å². The zero-order valence-corrected chi connectivity index (χ0v) is 13.1. The van der Waals surface area contributed by atoms with Crippen molar-refractivity contribution in [2.24, 2.45) is 11.3 Å². The van der Waals surface area contributed by atoms with Crippen LogP contribution in [0.1, 0.15) is 39.7 Å². The molecule has 0 fully saturated rings. The smallest absolute Gasteiger partial charge is 0.122 e. The van der Waals surface area contributed by atoms with Gasteiger partial charge in [-0.1, -0.05) is 45.9 Å². The van der Waals surface area contributed by atoms with Crippen molar-refractivity contribution in [2.45, 2.75) is 40.5 Å². The van der Waals surface area contributed by atoms with Crippen LogP contribution in [0, 0.1) is 11.3 Å². The van der Waals surface area contributed by atoms with E-state index in [1.165, 1.54) is 5.56 Å². The highest BCUT2D eigenvalue weighted by molar-refractivity contribution is 5.34. The lowest BCUT2D eigenvalue weighted by Crippen LogP contribution is -2.35. The molecule has 0 radical (unpaired) electrons. The third-order valence-corrected chi connectivity index (χ3v) is 3.77. The molecule has 2 nitrogen and oxygen atoms in total. The normalized spacial score (nSPS) is 14.4. The molecule has 1 aromatic rings. The Kier molecular flexibility index (Phi) is 6.36. The molecule has 0 bridgehead atoms. The first-order chi connectivity index (χ1) is 9.00. The average molecular weight is 263 g/mol. The number of para-hydroxylation sites is 1.